The number of carbonyl (C=O) groups excluding carboxylic acids is 1. The van der Waals surface area contributed by atoms with Gasteiger partial charge >= 0.3 is 6.09 Å². The molecule has 0 aliphatic rings. The van der Waals surface area contributed by atoms with Gasteiger partial charge in [-0.25, -0.2) is 4.79 Å². The molecule has 1 rings (SSSR count). The molecule has 0 bridgehead atoms. The van der Waals surface area contributed by atoms with E-state index in [-0.39, 0.29) is 17.8 Å². The first-order chi connectivity index (χ1) is 9.69. The average molecular weight is 291 g/mol. The number of nitrogens with one attached hydrogen (secondary N) is 1. The highest BCUT2D eigenvalue weighted by molar-refractivity contribution is 5.68. The van der Waals surface area contributed by atoms with Gasteiger partial charge in [0.2, 0.25) is 0 Å². The second-order valence-electron chi connectivity index (χ2n) is 5.19. The highest BCUT2D eigenvalue weighted by Crippen LogP contribution is 2.19. The molecule has 1 amide bonds. The Morgan fingerprint density at radius 1 is 1.48 bits per heavy atom. The van der Waals surface area contributed by atoms with Crippen molar-refractivity contribution in [2.45, 2.75) is 26.4 Å². The molecular weight excluding hydrogens is 274 g/mol. The van der Waals surface area contributed by atoms with Gasteiger partial charge in [-0.2, -0.15) is 0 Å². The second-order valence-corrected chi connectivity index (χ2v) is 5.19. The molecule has 0 radical (unpaired) electrons. The van der Waals surface area contributed by atoms with E-state index in [4.69, 9.17) is 10.5 Å². The molecule has 0 atom stereocenters. The third-order valence-electron chi connectivity index (χ3n) is 2.16. The van der Waals surface area contributed by atoms with Gasteiger partial charge in [0, 0.05) is 11.8 Å². The summed E-state index contributed by atoms with van der Waals surface area (Å²) < 4.78 is 5.03. The number of rotatable bonds is 2. The van der Waals surface area contributed by atoms with Gasteiger partial charge in [-0.15, -0.1) is 0 Å². The maximum absolute atomic E-state index is 11.4. The molecule has 7 nitrogen and oxygen atoms in total. The number of nitro groups is 1. The number of alkyl carbamates (subject to hydrolysis) is 1. The predicted molar refractivity (Wildman–Crippen MR) is 78.6 cm³/mol. The van der Waals surface area contributed by atoms with Crippen LogP contribution < -0.4 is 11.1 Å². The molecule has 0 aliphatic heterocycles. The zero-order valence-electron chi connectivity index (χ0n) is 12.1. The number of benzene rings is 1. The minimum Gasteiger partial charge on any atom is -0.444 e. The number of ether oxygens (including phenoxy) is 1. The summed E-state index contributed by atoms with van der Waals surface area (Å²) >= 11 is 0. The van der Waals surface area contributed by atoms with E-state index in [0.717, 1.165) is 0 Å². The van der Waals surface area contributed by atoms with Crippen LogP contribution in [0.2, 0.25) is 0 Å². The summed E-state index contributed by atoms with van der Waals surface area (Å²) in [5.74, 6) is 5.23. The van der Waals surface area contributed by atoms with E-state index in [2.05, 4.69) is 17.2 Å². The van der Waals surface area contributed by atoms with E-state index in [1.54, 1.807) is 20.8 Å². The molecule has 3 N–H and O–H groups in total. The van der Waals surface area contributed by atoms with Crippen LogP contribution in [0.15, 0.2) is 18.2 Å². The lowest BCUT2D eigenvalue weighted by Gasteiger charge is -2.18. The molecular formula is C14H17N3O4. The molecule has 7 heteroatoms. The van der Waals surface area contributed by atoms with Crippen LogP contribution in [0.3, 0.4) is 0 Å². The van der Waals surface area contributed by atoms with E-state index in [1.807, 2.05) is 0 Å². The summed E-state index contributed by atoms with van der Waals surface area (Å²) in [5, 5.41) is 13.3. The zero-order chi connectivity index (χ0) is 16.0. The van der Waals surface area contributed by atoms with Gasteiger partial charge in [0.25, 0.3) is 5.69 Å². The Morgan fingerprint density at radius 3 is 2.71 bits per heavy atom. The quantitative estimate of drug-likeness (QED) is 0.375. The summed E-state index contributed by atoms with van der Waals surface area (Å²) in [6.45, 7) is 5.25. The lowest BCUT2D eigenvalue weighted by Crippen LogP contribution is -2.32. The van der Waals surface area contributed by atoms with E-state index in [9.17, 15) is 14.9 Å². The Bertz CT molecular complexity index is 609. The number of carbonyl (C=O) groups is 1. The van der Waals surface area contributed by atoms with Crippen molar-refractivity contribution in [1.82, 2.24) is 5.32 Å². The van der Waals surface area contributed by atoms with Gasteiger partial charge in [-0.3, -0.25) is 10.1 Å². The van der Waals surface area contributed by atoms with Gasteiger partial charge in [0.1, 0.15) is 11.2 Å². The lowest BCUT2D eigenvalue weighted by molar-refractivity contribution is -0.385. The van der Waals surface area contributed by atoms with Crippen molar-refractivity contribution in [2.24, 2.45) is 0 Å². The molecule has 0 unspecified atom stereocenters. The van der Waals surface area contributed by atoms with Gasteiger partial charge in [0.05, 0.1) is 11.5 Å². The van der Waals surface area contributed by atoms with Crippen LogP contribution in [0.25, 0.3) is 0 Å². The Balaban J connectivity index is 2.69. The van der Waals surface area contributed by atoms with E-state index in [0.29, 0.717) is 5.69 Å². The maximum atomic E-state index is 11.4. The maximum Gasteiger partial charge on any atom is 0.408 e. The smallest absolute Gasteiger partial charge is 0.408 e. The van der Waals surface area contributed by atoms with Crippen LogP contribution in [-0.2, 0) is 4.74 Å². The SMILES string of the molecule is CC(C)(C)OC(=O)NCC#Cc1cc(N)ccc1[N+](=O)[O-]. The van der Waals surface area contributed by atoms with Crippen LogP contribution in [0.1, 0.15) is 26.3 Å². The molecule has 112 valence electrons. The number of nitro benzene ring substituents is 1. The van der Waals surface area contributed by atoms with Crippen molar-refractivity contribution in [2.75, 3.05) is 12.3 Å². The monoisotopic (exact) mass is 291 g/mol. The number of nitrogen functional groups attached to an aromatic ring is 1. The zero-order valence-corrected chi connectivity index (χ0v) is 12.1. The summed E-state index contributed by atoms with van der Waals surface area (Å²) in [6.07, 6.45) is -0.598. The minimum atomic E-state index is -0.598. The fourth-order valence-electron chi connectivity index (χ4n) is 1.38. The summed E-state index contributed by atoms with van der Waals surface area (Å²) in [5.41, 5.74) is 5.43. The predicted octanol–water partition coefficient (Wildman–Crippen LogP) is 2.05. The Labute approximate surface area is 122 Å². The van der Waals surface area contributed by atoms with Crippen LogP contribution in [-0.4, -0.2) is 23.2 Å². The van der Waals surface area contributed by atoms with Crippen molar-refractivity contribution < 1.29 is 14.5 Å². The van der Waals surface area contributed by atoms with Crippen LogP contribution in [0, 0.1) is 22.0 Å². The number of hydrogen-bond donors (Lipinski definition) is 2. The molecule has 0 saturated carbocycles. The van der Waals surface area contributed by atoms with Crippen molar-refractivity contribution >= 4 is 17.5 Å². The first-order valence-corrected chi connectivity index (χ1v) is 6.18. The number of nitrogens with two attached hydrogens (primary N) is 1. The Hall–Kier alpha value is -2.75. The normalized spacial score (nSPS) is 10.2. The minimum absolute atomic E-state index is 0.0147. The Kier molecular flexibility index (Phi) is 5.13. The molecule has 0 spiro atoms. The first kappa shape index (κ1) is 16.3. The highest BCUT2D eigenvalue weighted by Gasteiger charge is 2.15. The molecule has 0 aromatic heterocycles. The lowest BCUT2D eigenvalue weighted by atomic mass is 10.1. The fraction of sp³-hybridized carbons (Fsp3) is 0.357. The van der Waals surface area contributed by atoms with Crippen LogP contribution >= 0.6 is 0 Å². The van der Waals surface area contributed by atoms with Crippen molar-refractivity contribution in [3.05, 3.63) is 33.9 Å². The third-order valence-corrected chi connectivity index (χ3v) is 2.16. The van der Waals surface area contributed by atoms with Gasteiger partial charge < -0.3 is 15.8 Å². The van der Waals surface area contributed by atoms with Gasteiger partial charge in [-0.05, 0) is 32.9 Å². The largest absolute Gasteiger partial charge is 0.444 e. The molecule has 0 aliphatic carbocycles. The molecule has 1 aromatic rings. The molecule has 21 heavy (non-hydrogen) atoms. The number of nitrogens with zero attached hydrogens (tertiary/aromatic N) is 1. The second kappa shape index (κ2) is 6.61. The van der Waals surface area contributed by atoms with Crippen LogP contribution in [0.5, 0.6) is 0 Å². The topological polar surface area (TPSA) is 107 Å². The summed E-state index contributed by atoms with van der Waals surface area (Å²) in [7, 11) is 0. The van der Waals surface area contributed by atoms with Crippen molar-refractivity contribution in [3.63, 3.8) is 0 Å². The highest BCUT2D eigenvalue weighted by atomic mass is 16.6. The van der Waals surface area contributed by atoms with E-state index in [1.165, 1.54) is 18.2 Å². The van der Waals surface area contributed by atoms with Crippen LogP contribution in [0.4, 0.5) is 16.2 Å². The van der Waals surface area contributed by atoms with E-state index < -0.39 is 16.6 Å². The molecule has 1 aromatic carbocycles. The van der Waals surface area contributed by atoms with Gasteiger partial charge in [-0.1, -0.05) is 11.8 Å². The molecule has 0 fully saturated rings. The van der Waals surface area contributed by atoms with E-state index >= 15 is 0 Å². The fourth-order valence-corrected chi connectivity index (χ4v) is 1.38. The van der Waals surface area contributed by atoms with Crippen molar-refractivity contribution in [3.8, 4) is 11.8 Å². The summed E-state index contributed by atoms with van der Waals surface area (Å²) in [6, 6.07) is 4.14. The first-order valence-electron chi connectivity index (χ1n) is 6.18. The number of amides is 1. The third kappa shape index (κ3) is 5.82. The average Bonchev–Trinajstić information content (AvgIpc) is 2.32. The molecule has 0 saturated heterocycles. The number of hydrogen-bond acceptors (Lipinski definition) is 5. The number of anilines is 1. The van der Waals surface area contributed by atoms with Gasteiger partial charge in [0.15, 0.2) is 0 Å². The molecule has 0 heterocycles. The standard InChI is InChI=1S/C14H17N3O4/c1-14(2,3)21-13(18)16-8-4-5-10-9-11(15)6-7-12(10)17(19)20/h6-7,9H,8,15H2,1-3H3,(H,16,18). The van der Waals surface area contributed by atoms with Crippen molar-refractivity contribution in [1.29, 1.82) is 0 Å². The summed E-state index contributed by atoms with van der Waals surface area (Å²) in [4.78, 5) is 21.7. The Morgan fingerprint density at radius 2 is 2.14 bits per heavy atom.